The molecule has 0 fully saturated rings. The molecule has 0 saturated heterocycles. The molecule has 1 aromatic rings. The van der Waals surface area contributed by atoms with Crippen molar-refractivity contribution in [2.24, 2.45) is 0 Å². The van der Waals surface area contributed by atoms with E-state index in [0.29, 0.717) is 11.3 Å². The fourth-order valence-corrected chi connectivity index (χ4v) is 1.37. The van der Waals surface area contributed by atoms with Gasteiger partial charge in [-0.05, 0) is 37.1 Å². The number of benzene rings is 1. The Labute approximate surface area is 81.6 Å². The summed E-state index contributed by atoms with van der Waals surface area (Å²) in [6.45, 7) is 3.51. The van der Waals surface area contributed by atoms with Gasteiger partial charge in [-0.2, -0.15) is 0 Å². The quantitative estimate of drug-likeness (QED) is 0.707. The van der Waals surface area contributed by atoms with Crippen LogP contribution < -0.4 is 5.32 Å². The summed E-state index contributed by atoms with van der Waals surface area (Å²) in [6.07, 6.45) is -0.361. The second-order valence-electron chi connectivity index (χ2n) is 3.08. The molecule has 1 amide bonds. The van der Waals surface area contributed by atoms with Crippen molar-refractivity contribution >= 4 is 18.1 Å². The number of nitrogens with one attached hydrogen (secondary N) is 1. The van der Waals surface area contributed by atoms with Gasteiger partial charge in [0.2, 0.25) is 0 Å². The highest BCUT2D eigenvalue weighted by Crippen LogP contribution is 2.21. The van der Waals surface area contributed by atoms with Crippen LogP contribution in [-0.4, -0.2) is 17.5 Å². The second kappa shape index (κ2) is 3.91. The van der Waals surface area contributed by atoms with E-state index in [0.717, 1.165) is 17.4 Å². The van der Waals surface area contributed by atoms with Gasteiger partial charge in [0.05, 0.1) is 0 Å². The molecule has 1 aromatic carbocycles. The predicted molar refractivity (Wildman–Crippen MR) is 53.0 cm³/mol. The minimum atomic E-state index is -1.10. The van der Waals surface area contributed by atoms with Crippen molar-refractivity contribution < 1.29 is 14.7 Å². The number of carbonyl (C=O) groups is 2. The molecule has 4 nitrogen and oxygen atoms in total. The highest BCUT2D eigenvalue weighted by molar-refractivity contribution is 5.87. The molecule has 0 radical (unpaired) electrons. The summed E-state index contributed by atoms with van der Waals surface area (Å²) in [6, 6.07) is 3.29. The van der Waals surface area contributed by atoms with E-state index in [-0.39, 0.29) is 0 Å². The van der Waals surface area contributed by atoms with Crippen LogP contribution in [0.1, 0.15) is 21.5 Å². The summed E-state index contributed by atoms with van der Waals surface area (Å²) in [5.41, 5.74) is 2.59. The molecule has 0 saturated carbocycles. The van der Waals surface area contributed by atoms with Gasteiger partial charge < -0.3 is 5.11 Å². The molecule has 0 heterocycles. The van der Waals surface area contributed by atoms with Crippen molar-refractivity contribution in [2.75, 3.05) is 5.32 Å². The van der Waals surface area contributed by atoms with Crippen molar-refractivity contribution in [2.45, 2.75) is 13.8 Å². The largest absolute Gasteiger partial charge is 0.465 e. The molecule has 2 N–H and O–H groups in total. The topological polar surface area (TPSA) is 66.4 Å². The molecule has 74 valence electrons. The first-order chi connectivity index (χ1) is 6.54. The molecule has 0 unspecified atom stereocenters. The van der Waals surface area contributed by atoms with E-state index in [2.05, 4.69) is 5.32 Å². The molecular weight excluding hydrogens is 182 g/mol. The number of amides is 1. The average molecular weight is 193 g/mol. The van der Waals surface area contributed by atoms with Gasteiger partial charge in [-0.1, -0.05) is 0 Å². The van der Waals surface area contributed by atoms with Gasteiger partial charge in [0.25, 0.3) is 0 Å². The van der Waals surface area contributed by atoms with Gasteiger partial charge in [-0.3, -0.25) is 10.1 Å². The monoisotopic (exact) mass is 193 g/mol. The molecule has 0 bridgehead atoms. The fourth-order valence-electron chi connectivity index (χ4n) is 1.37. The average Bonchev–Trinajstić information content (AvgIpc) is 2.10. The fraction of sp³-hybridized carbons (Fsp3) is 0.200. The first-order valence-electron chi connectivity index (χ1n) is 4.11. The van der Waals surface area contributed by atoms with E-state index < -0.39 is 6.09 Å². The van der Waals surface area contributed by atoms with Crippen LogP contribution in [0.2, 0.25) is 0 Å². The molecule has 0 atom stereocenters. The summed E-state index contributed by atoms with van der Waals surface area (Å²) in [5.74, 6) is 0. The van der Waals surface area contributed by atoms with E-state index in [1.165, 1.54) is 0 Å². The lowest BCUT2D eigenvalue weighted by molar-refractivity contribution is 0.112. The van der Waals surface area contributed by atoms with Gasteiger partial charge >= 0.3 is 6.09 Å². The lowest BCUT2D eigenvalue weighted by Gasteiger charge is -2.09. The third-order valence-corrected chi connectivity index (χ3v) is 1.92. The minimum absolute atomic E-state index is 0.545. The maximum absolute atomic E-state index is 10.5. The molecule has 0 aromatic heterocycles. The van der Waals surface area contributed by atoms with E-state index in [9.17, 15) is 9.59 Å². The highest BCUT2D eigenvalue weighted by atomic mass is 16.4. The normalized spacial score (nSPS) is 9.57. The molecule has 14 heavy (non-hydrogen) atoms. The van der Waals surface area contributed by atoms with Gasteiger partial charge in [0, 0.05) is 11.3 Å². The highest BCUT2D eigenvalue weighted by Gasteiger charge is 2.06. The molecule has 0 aliphatic carbocycles. The Morgan fingerprint density at radius 3 is 2.21 bits per heavy atom. The Morgan fingerprint density at radius 1 is 1.36 bits per heavy atom. The summed E-state index contributed by atoms with van der Waals surface area (Å²) in [5, 5.41) is 10.9. The lowest BCUT2D eigenvalue weighted by Crippen LogP contribution is -2.10. The number of aldehydes is 1. The molecule has 0 aliphatic rings. The smallest absolute Gasteiger partial charge is 0.409 e. The molecule has 1 rings (SSSR count). The Kier molecular flexibility index (Phi) is 2.86. The van der Waals surface area contributed by atoms with Crippen LogP contribution in [0.4, 0.5) is 10.5 Å². The standard InChI is InChI=1S/C10H11NO3/c1-6-3-8(5-12)4-7(2)9(6)11-10(13)14/h3-5,11H,1-2H3,(H,13,14). The summed E-state index contributed by atoms with van der Waals surface area (Å²) >= 11 is 0. The number of carboxylic acid groups (broad SMARTS) is 1. The number of carbonyl (C=O) groups excluding carboxylic acids is 1. The van der Waals surface area contributed by atoms with Crippen LogP contribution in [0.15, 0.2) is 12.1 Å². The lowest BCUT2D eigenvalue weighted by atomic mass is 10.1. The molecule has 4 heteroatoms. The van der Waals surface area contributed by atoms with Crippen LogP contribution in [0.5, 0.6) is 0 Å². The Bertz CT molecular complexity index is 362. The Morgan fingerprint density at radius 2 is 1.86 bits per heavy atom. The molecule has 0 aliphatic heterocycles. The number of rotatable bonds is 2. The third-order valence-electron chi connectivity index (χ3n) is 1.92. The van der Waals surface area contributed by atoms with Crippen molar-refractivity contribution in [3.63, 3.8) is 0 Å². The second-order valence-corrected chi connectivity index (χ2v) is 3.08. The van der Waals surface area contributed by atoms with Crippen molar-refractivity contribution in [3.05, 3.63) is 28.8 Å². The molecule has 0 spiro atoms. The zero-order chi connectivity index (χ0) is 10.7. The molecular formula is C10H11NO3. The van der Waals surface area contributed by atoms with Crippen LogP contribution in [0.25, 0.3) is 0 Å². The van der Waals surface area contributed by atoms with Gasteiger partial charge in [-0.25, -0.2) is 4.79 Å². The first-order valence-corrected chi connectivity index (χ1v) is 4.11. The van der Waals surface area contributed by atoms with Crippen molar-refractivity contribution in [1.82, 2.24) is 0 Å². The Balaban J connectivity index is 3.17. The number of anilines is 1. The number of hydrogen-bond acceptors (Lipinski definition) is 2. The van der Waals surface area contributed by atoms with Gasteiger partial charge in [-0.15, -0.1) is 0 Å². The zero-order valence-electron chi connectivity index (χ0n) is 8.00. The van der Waals surface area contributed by atoms with Crippen LogP contribution >= 0.6 is 0 Å². The minimum Gasteiger partial charge on any atom is -0.465 e. The maximum atomic E-state index is 10.5. The van der Waals surface area contributed by atoms with E-state index in [1.54, 1.807) is 26.0 Å². The van der Waals surface area contributed by atoms with E-state index in [1.807, 2.05) is 0 Å². The number of hydrogen-bond donors (Lipinski definition) is 2. The predicted octanol–water partition coefficient (Wildman–Crippen LogP) is 2.21. The number of aryl methyl sites for hydroxylation is 2. The summed E-state index contributed by atoms with van der Waals surface area (Å²) < 4.78 is 0. The Hall–Kier alpha value is -1.84. The van der Waals surface area contributed by atoms with Gasteiger partial charge in [0.15, 0.2) is 0 Å². The van der Waals surface area contributed by atoms with Crippen LogP contribution in [0, 0.1) is 13.8 Å². The maximum Gasteiger partial charge on any atom is 0.409 e. The van der Waals surface area contributed by atoms with Crippen molar-refractivity contribution in [1.29, 1.82) is 0 Å². The summed E-state index contributed by atoms with van der Waals surface area (Å²) in [7, 11) is 0. The van der Waals surface area contributed by atoms with Gasteiger partial charge in [0.1, 0.15) is 6.29 Å². The van der Waals surface area contributed by atoms with E-state index in [4.69, 9.17) is 5.11 Å². The van der Waals surface area contributed by atoms with E-state index >= 15 is 0 Å². The SMILES string of the molecule is Cc1cc(C=O)cc(C)c1NC(=O)O. The zero-order valence-corrected chi connectivity index (χ0v) is 8.00. The third kappa shape index (κ3) is 2.10. The summed E-state index contributed by atoms with van der Waals surface area (Å²) in [4.78, 5) is 21.0. The first kappa shape index (κ1) is 10.2. The van der Waals surface area contributed by atoms with Crippen LogP contribution in [-0.2, 0) is 0 Å². The van der Waals surface area contributed by atoms with Crippen molar-refractivity contribution in [3.8, 4) is 0 Å². The van der Waals surface area contributed by atoms with Crippen LogP contribution in [0.3, 0.4) is 0 Å².